The van der Waals surface area contributed by atoms with Gasteiger partial charge in [0.1, 0.15) is 11.9 Å². The van der Waals surface area contributed by atoms with E-state index in [0.717, 1.165) is 31.4 Å². The fourth-order valence-electron chi connectivity index (χ4n) is 3.32. The lowest BCUT2D eigenvalue weighted by molar-refractivity contribution is -0.145. The summed E-state index contributed by atoms with van der Waals surface area (Å²) in [5.74, 6) is 0.718. The zero-order valence-electron chi connectivity index (χ0n) is 22.6. The highest BCUT2D eigenvalue weighted by atomic mass is 28.4. The van der Waals surface area contributed by atoms with E-state index in [4.69, 9.17) is 13.6 Å². The van der Waals surface area contributed by atoms with Gasteiger partial charge in [0.15, 0.2) is 8.32 Å². The van der Waals surface area contributed by atoms with Gasteiger partial charge in [0, 0.05) is 25.0 Å². The van der Waals surface area contributed by atoms with E-state index in [0.29, 0.717) is 0 Å². The number of rotatable bonds is 9. The Labute approximate surface area is 204 Å². The molecule has 0 saturated carbocycles. The molecule has 1 heterocycles. The summed E-state index contributed by atoms with van der Waals surface area (Å²) in [4.78, 5) is 11.7. The summed E-state index contributed by atoms with van der Waals surface area (Å²) < 4.78 is 18.8. The van der Waals surface area contributed by atoms with Gasteiger partial charge in [-0.3, -0.25) is 0 Å². The van der Waals surface area contributed by atoms with Gasteiger partial charge in [-0.1, -0.05) is 59.8 Å². The van der Waals surface area contributed by atoms with Gasteiger partial charge in [0.25, 0.3) is 0 Å². The van der Waals surface area contributed by atoms with Crippen molar-refractivity contribution in [2.45, 2.75) is 116 Å². The number of carbonyl (C=O) groups is 1. The molecule has 1 aromatic carbocycles. The molecule has 186 valence electrons. The first-order valence-corrected chi connectivity index (χ1v) is 18.1. The number of ether oxygens (including phenoxy) is 1. The van der Waals surface area contributed by atoms with Crippen LogP contribution in [0.25, 0.3) is 0 Å². The molecule has 0 amide bonds. The van der Waals surface area contributed by atoms with Crippen molar-refractivity contribution < 1.29 is 18.4 Å². The molecule has 0 fully saturated rings. The fourth-order valence-corrected chi connectivity index (χ4v) is 5.76. The number of hydrogen-bond acceptors (Lipinski definition) is 4. The number of hydrogen-bond donors (Lipinski definition) is 0. The second-order valence-electron chi connectivity index (χ2n) is 12.5. The lowest BCUT2D eigenvalue weighted by Gasteiger charge is -2.40. The van der Waals surface area contributed by atoms with Gasteiger partial charge in [-0.05, 0) is 66.8 Å². The van der Waals surface area contributed by atoms with Crippen LogP contribution in [0.5, 0.6) is 5.75 Å². The zero-order valence-corrected chi connectivity index (χ0v) is 24.6. The third kappa shape index (κ3) is 8.11. The van der Waals surface area contributed by atoms with E-state index < -0.39 is 16.6 Å². The molecule has 4 nitrogen and oxygen atoms in total. The highest BCUT2D eigenvalue weighted by molar-refractivity contribution is 6.75. The highest BCUT2D eigenvalue weighted by Gasteiger charge is 2.40. The van der Waals surface area contributed by atoms with Gasteiger partial charge in [-0.15, -0.1) is 0 Å². The summed E-state index contributed by atoms with van der Waals surface area (Å²) in [7, 11) is -3.77. The number of carbonyl (C=O) groups excluding carboxylic acids is 1. The second-order valence-corrected chi connectivity index (χ2v) is 22.0. The highest BCUT2D eigenvalue weighted by Crippen LogP contribution is 2.39. The van der Waals surface area contributed by atoms with Crippen molar-refractivity contribution in [3.8, 4) is 5.75 Å². The monoisotopic (exact) mass is 490 g/mol. The van der Waals surface area contributed by atoms with Crippen LogP contribution >= 0.6 is 0 Å². The predicted molar refractivity (Wildman–Crippen MR) is 143 cm³/mol. The van der Waals surface area contributed by atoms with Crippen molar-refractivity contribution in [3.05, 3.63) is 42.0 Å². The Bertz CT molecular complexity index is 814. The first-order chi connectivity index (χ1) is 15.0. The standard InChI is InChI=1S/C27H46O4Si2/c1-26(2,3)32(7,8)30-22-17-14-21(15-18-22)16-19-24(31-33(9,10)27(4,5)6)20-23-12-11-13-25(28)29-23/h11,13-15,17-18,23-24H,12,16,19-20H2,1-10H3/t23-,24+/m1/s1. The van der Waals surface area contributed by atoms with Crippen molar-refractivity contribution in [1.82, 2.24) is 0 Å². The minimum absolute atomic E-state index is 0.0679. The van der Waals surface area contributed by atoms with E-state index in [1.807, 2.05) is 6.08 Å². The Hall–Kier alpha value is -1.38. The molecular weight excluding hydrogens is 444 g/mol. The normalized spacial score (nSPS) is 18.7. The molecule has 2 atom stereocenters. The van der Waals surface area contributed by atoms with Crippen LogP contribution in [-0.4, -0.2) is 34.8 Å². The molecule has 33 heavy (non-hydrogen) atoms. The third-order valence-corrected chi connectivity index (χ3v) is 16.5. The topological polar surface area (TPSA) is 44.8 Å². The maximum absolute atomic E-state index is 11.7. The molecule has 1 aliphatic heterocycles. The fraction of sp³-hybridized carbons (Fsp3) is 0.667. The van der Waals surface area contributed by atoms with E-state index in [1.54, 1.807) is 0 Å². The Balaban J connectivity index is 2.06. The predicted octanol–water partition coefficient (Wildman–Crippen LogP) is 7.66. The average molecular weight is 491 g/mol. The molecule has 0 bridgehead atoms. The molecule has 0 spiro atoms. The largest absolute Gasteiger partial charge is 0.544 e. The number of benzene rings is 1. The lowest BCUT2D eigenvalue weighted by Crippen LogP contribution is -2.45. The van der Waals surface area contributed by atoms with E-state index in [9.17, 15) is 4.79 Å². The van der Waals surface area contributed by atoms with Crippen molar-refractivity contribution in [1.29, 1.82) is 0 Å². The SMILES string of the molecule is CC(C)(C)[Si](C)(C)Oc1ccc(CC[C@@H](C[C@H]2CC=CC(=O)O2)O[Si](C)(C)C(C)(C)C)cc1. The summed E-state index contributed by atoms with van der Waals surface area (Å²) in [6, 6.07) is 8.56. The van der Waals surface area contributed by atoms with Crippen molar-refractivity contribution in [2.24, 2.45) is 0 Å². The van der Waals surface area contributed by atoms with E-state index in [1.165, 1.54) is 11.6 Å². The minimum atomic E-state index is -1.94. The van der Waals surface area contributed by atoms with Gasteiger partial charge >= 0.3 is 5.97 Å². The Kier molecular flexibility index (Phi) is 8.85. The maximum atomic E-state index is 11.7. The maximum Gasteiger partial charge on any atom is 0.330 e. The smallest absolute Gasteiger partial charge is 0.330 e. The van der Waals surface area contributed by atoms with Crippen LogP contribution in [0.2, 0.25) is 36.3 Å². The minimum Gasteiger partial charge on any atom is -0.544 e. The molecular formula is C27H46O4Si2. The zero-order chi connectivity index (χ0) is 25.1. The molecule has 2 rings (SSSR count). The molecule has 1 aromatic rings. The molecule has 0 N–H and O–H groups in total. The molecule has 0 aromatic heterocycles. The molecule has 0 unspecified atom stereocenters. The Morgan fingerprint density at radius 3 is 2.06 bits per heavy atom. The Morgan fingerprint density at radius 2 is 1.55 bits per heavy atom. The van der Waals surface area contributed by atoms with Crippen LogP contribution in [0.1, 0.15) is 66.4 Å². The van der Waals surface area contributed by atoms with E-state index >= 15 is 0 Å². The molecule has 0 radical (unpaired) electrons. The molecule has 1 aliphatic rings. The average Bonchev–Trinajstić information content (AvgIpc) is 2.65. The van der Waals surface area contributed by atoms with Gasteiger partial charge in [0.05, 0.1) is 0 Å². The molecule has 6 heteroatoms. The van der Waals surface area contributed by atoms with Crippen molar-refractivity contribution >= 4 is 22.6 Å². The third-order valence-electron chi connectivity index (χ3n) is 7.59. The van der Waals surface area contributed by atoms with Gasteiger partial charge in [-0.25, -0.2) is 4.79 Å². The van der Waals surface area contributed by atoms with Gasteiger partial charge in [-0.2, -0.15) is 0 Å². The summed E-state index contributed by atoms with van der Waals surface area (Å²) in [6.07, 6.45) is 6.76. The lowest BCUT2D eigenvalue weighted by atomic mass is 10.0. The van der Waals surface area contributed by atoms with Crippen molar-refractivity contribution in [3.63, 3.8) is 0 Å². The first kappa shape index (κ1) is 27.9. The Morgan fingerprint density at radius 1 is 0.970 bits per heavy atom. The van der Waals surface area contributed by atoms with Crippen LogP contribution in [0.4, 0.5) is 0 Å². The first-order valence-electron chi connectivity index (χ1n) is 12.3. The van der Waals surface area contributed by atoms with Gasteiger partial charge < -0.3 is 13.6 Å². The van der Waals surface area contributed by atoms with E-state index in [2.05, 4.69) is 92.0 Å². The number of esters is 1. The van der Waals surface area contributed by atoms with Crippen LogP contribution < -0.4 is 4.43 Å². The molecule has 0 saturated heterocycles. The quantitative estimate of drug-likeness (QED) is 0.263. The van der Waals surface area contributed by atoms with E-state index in [-0.39, 0.29) is 28.3 Å². The number of cyclic esters (lactones) is 1. The van der Waals surface area contributed by atoms with Crippen molar-refractivity contribution in [2.75, 3.05) is 0 Å². The summed E-state index contributed by atoms with van der Waals surface area (Å²) in [5, 5.41) is 0.314. The van der Waals surface area contributed by atoms with Crippen LogP contribution in [0.15, 0.2) is 36.4 Å². The summed E-state index contributed by atoms with van der Waals surface area (Å²) in [5.41, 5.74) is 1.28. The number of aryl methyl sites for hydroxylation is 1. The van der Waals surface area contributed by atoms with Crippen LogP contribution in [0.3, 0.4) is 0 Å². The van der Waals surface area contributed by atoms with Crippen LogP contribution in [-0.2, 0) is 20.4 Å². The summed E-state index contributed by atoms with van der Waals surface area (Å²) in [6.45, 7) is 22.7. The van der Waals surface area contributed by atoms with Gasteiger partial charge in [0.2, 0.25) is 8.32 Å². The summed E-state index contributed by atoms with van der Waals surface area (Å²) >= 11 is 0. The van der Waals surface area contributed by atoms with Crippen LogP contribution in [0, 0.1) is 0 Å². The second kappa shape index (κ2) is 10.5. The molecule has 0 aliphatic carbocycles.